The Morgan fingerprint density at radius 3 is 2.07 bits per heavy atom. The average Bonchev–Trinajstić information content (AvgIpc) is 3.91. The van der Waals surface area contributed by atoms with Crippen LogP contribution in [0.2, 0.25) is 0 Å². The Kier molecular flexibility index (Phi) is 11.0. The molecule has 0 bridgehead atoms. The minimum Gasteiger partial charge on any atom is -0.497 e. The van der Waals surface area contributed by atoms with Crippen molar-refractivity contribution in [1.82, 2.24) is 20.5 Å². The maximum atomic E-state index is 14.4. The summed E-state index contributed by atoms with van der Waals surface area (Å²) < 4.78 is 5.30. The summed E-state index contributed by atoms with van der Waals surface area (Å²) in [5.74, 6) is -2.16. The second-order valence-electron chi connectivity index (χ2n) is 13.9. The Balaban J connectivity index is 1.13. The number of carbonyl (C=O) groups excluding carboxylic acids is 3. The predicted octanol–water partition coefficient (Wildman–Crippen LogP) is 5.24. The summed E-state index contributed by atoms with van der Waals surface area (Å²) in [4.78, 5) is 66.7. The first kappa shape index (κ1) is 39.1. The molecule has 2 saturated heterocycles. The van der Waals surface area contributed by atoms with Gasteiger partial charge < -0.3 is 31.0 Å². The number of thiazole rings is 1. The van der Waals surface area contributed by atoms with Crippen LogP contribution in [0, 0.1) is 0 Å². The minimum absolute atomic E-state index is 0.131. The number of thioether (sulfide) groups is 1. The molecule has 0 unspecified atom stereocenters. The first-order valence-electron chi connectivity index (χ1n) is 18.7. The van der Waals surface area contributed by atoms with Gasteiger partial charge in [-0.2, -0.15) is 0 Å². The quantitative estimate of drug-likeness (QED) is 0.0402. The molecule has 3 aliphatic heterocycles. The number of methoxy groups -OCH3 is 1. The standard InChI is InChI=1S/C44H38N6O7S2/c1-56-30-19-17-26(18-20-30)23-32(31-21-22-46-38(31)51)33-24-58-41-36(40(53)50(41)37(33)42(54)55)48-39(52)35(34-25-59-43(45)47-34)49-57-44(27-11-5-2-6-12-27,28-13-7-3-8-14-28)29-15-9-4-10-16-29/h2-20,25,36,41H,21-24H2,1H3,(H2,45,47)(H,46,51)(H,48,52)(H,54,55)/t36-,41-/m1/s1. The van der Waals surface area contributed by atoms with Crippen LogP contribution in [0.5, 0.6) is 5.75 Å². The molecular formula is C44H38N6O7S2. The molecule has 0 radical (unpaired) electrons. The van der Waals surface area contributed by atoms with Crippen LogP contribution in [0.25, 0.3) is 0 Å². The van der Waals surface area contributed by atoms with Gasteiger partial charge in [0.05, 0.1) is 7.11 Å². The number of fused-ring (bicyclic) bond motifs is 1. The molecule has 8 rings (SSSR count). The fraction of sp³-hybridized carbons (Fsp3) is 0.182. The summed E-state index contributed by atoms with van der Waals surface area (Å²) in [6.07, 6.45) is 0.673. The van der Waals surface area contributed by atoms with E-state index in [0.717, 1.165) is 33.6 Å². The number of nitrogens with one attached hydrogen (secondary N) is 2. The smallest absolute Gasteiger partial charge is 0.352 e. The number of β-lactam (4-membered cyclic amide) rings is 1. The van der Waals surface area contributed by atoms with Crippen LogP contribution in [0.15, 0.2) is 148 Å². The molecule has 3 amide bonds. The van der Waals surface area contributed by atoms with Crippen LogP contribution in [-0.4, -0.2) is 75.2 Å². The maximum Gasteiger partial charge on any atom is 0.352 e. The summed E-state index contributed by atoms with van der Waals surface area (Å²) in [5.41, 5.74) is 8.86. The van der Waals surface area contributed by atoms with Crippen molar-refractivity contribution in [2.24, 2.45) is 5.16 Å². The summed E-state index contributed by atoms with van der Waals surface area (Å²) in [5, 5.41) is 21.8. The van der Waals surface area contributed by atoms with E-state index in [4.69, 9.17) is 15.3 Å². The van der Waals surface area contributed by atoms with E-state index in [1.54, 1.807) is 24.6 Å². The number of carboxylic acid groups (broad SMARTS) is 1. The van der Waals surface area contributed by atoms with E-state index >= 15 is 0 Å². The van der Waals surface area contributed by atoms with Gasteiger partial charge in [0.15, 0.2) is 10.8 Å². The fourth-order valence-corrected chi connectivity index (χ4v) is 9.53. The molecule has 298 valence electrons. The highest BCUT2D eigenvalue weighted by Crippen LogP contribution is 2.44. The Labute approximate surface area is 347 Å². The van der Waals surface area contributed by atoms with Gasteiger partial charge in [0, 0.05) is 39.9 Å². The number of oxime groups is 1. The van der Waals surface area contributed by atoms with E-state index in [0.29, 0.717) is 35.4 Å². The van der Waals surface area contributed by atoms with Crippen LogP contribution in [0.4, 0.5) is 5.13 Å². The van der Waals surface area contributed by atoms with E-state index in [2.05, 4.69) is 20.8 Å². The van der Waals surface area contributed by atoms with E-state index in [1.165, 1.54) is 16.7 Å². The minimum atomic E-state index is -1.33. The predicted molar refractivity (Wildman–Crippen MR) is 224 cm³/mol. The molecule has 0 aliphatic carbocycles. The number of rotatable bonds is 13. The first-order valence-corrected chi connectivity index (χ1v) is 20.6. The Morgan fingerprint density at radius 1 is 0.949 bits per heavy atom. The maximum absolute atomic E-state index is 14.4. The van der Waals surface area contributed by atoms with Gasteiger partial charge in [-0.1, -0.05) is 108 Å². The second kappa shape index (κ2) is 16.6. The lowest BCUT2D eigenvalue weighted by molar-refractivity contribution is -0.150. The molecule has 2 fully saturated rings. The van der Waals surface area contributed by atoms with Crippen LogP contribution in [0.1, 0.15) is 34.4 Å². The molecule has 59 heavy (non-hydrogen) atoms. The van der Waals surface area contributed by atoms with Crippen LogP contribution < -0.4 is 21.1 Å². The molecule has 4 aromatic carbocycles. The SMILES string of the molecule is COc1ccc(CC(=C2CCNC2=O)C2=C(C(=O)O)N3C(=O)[C@@H](NC(=O)C(=NOC(c4ccccc4)(c4ccccc4)c4ccccc4)c4csc(N)n4)[C@H]3SC2)cc1. The number of ether oxygens (including phenoxy) is 1. The van der Waals surface area contributed by atoms with Gasteiger partial charge in [0.1, 0.15) is 28.6 Å². The van der Waals surface area contributed by atoms with Crippen molar-refractivity contribution >= 4 is 57.6 Å². The van der Waals surface area contributed by atoms with E-state index in [9.17, 15) is 24.3 Å². The molecule has 1 aromatic heterocycles. The summed E-state index contributed by atoms with van der Waals surface area (Å²) in [6.45, 7) is 0.421. The van der Waals surface area contributed by atoms with Gasteiger partial charge in [-0.25, -0.2) is 9.78 Å². The molecule has 3 aliphatic rings. The normalized spacial score (nSPS) is 18.7. The molecular weight excluding hydrogens is 789 g/mol. The number of allylic oxidation sites excluding steroid dienone is 1. The molecule has 2 atom stereocenters. The second-order valence-corrected chi connectivity index (χ2v) is 15.9. The lowest BCUT2D eigenvalue weighted by atomic mass is 9.80. The van der Waals surface area contributed by atoms with Crippen LogP contribution in [-0.2, 0) is 36.0 Å². The number of aliphatic carboxylic acids is 1. The molecule has 5 N–H and O–H groups in total. The summed E-state index contributed by atoms with van der Waals surface area (Å²) in [7, 11) is 1.56. The van der Waals surface area contributed by atoms with E-state index in [1.807, 2.05) is 103 Å². The topological polar surface area (TPSA) is 186 Å². The number of benzene rings is 4. The van der Waals surface area contributed by atoms with Gasteiger partial charge in [-0.3, -0.25) is 19.3 Å². The number of carboxylic acids is 1. The molecule has 13 nitrogen and oxygen atoms in total. The highest BCUT2D eigenvalue weighted by Gasteiger charge is 2.55. The number of nitrogens with zero attached hydrogens (tertiary/aromatic N) is 3. The summed E-state index contributed by atoms with van der Waals surface area (Å²) >= 11 is 2.41. The third-order valence-corrected chi connectivity index (χ3v) is 12.4. The lowest BCUT2D eigenvalue weighted by Crippen LogP contribution is -2.71. The third-order valence-electron chi connectivity index (χ3n) is 10.5. The van der Waals surface area contributed by atoms with Crippen molar-refractivity contribution in [1.29, 1.82) is 0 Å². The molecule has 5 aromatic rings. The Bertz CT molecular complexity index is 2410. The van der Waals surface area contributed by atoms with Gasteiger partial charge in [0.25, 0.3) is 11.8 Å². The van der Waals surface area contributed by atoms with Crippen molar-refractivity contribution in [3.8, 4) is 5.75 Å². The lowest BCUT2D eigenvalue weighted by Gasteiger charge is -2.49. The monoisotopic (exact) mass is 826 g/mol. The van der Waals surface area contributed by atoms with Crippen molar-refractivity contribution in [3.63, 3.8) is 0 Å². The highest BCUT2D eigenvalue weighted by atomic mass is 32.2. The number of anilines is 1. The number of carbonyl (C=O) groups is 4. The van der Waals surface area contributed by atoms with Gasteiger partial charge >= 0.3 is 5.97 Å². The van der Waals surface area contributed by atoms with Gasteiger partial charge in [-0.15, -0.1) is 23.1 Å². The van der Waals surface area contributed by atoms with Crippen molar-refractivity contribution < 1.29 is 33.9 Å². The van der Waals surface area contributed by atoms with Crippen molar-refractivity contribution in [3.05, 3.63) is 171 Å². The number of nitrogens with two attached hydrogens (primary N) is 1. The number of hydrogen-bond acceptors (Lipinski definition) is 11. The van der Waals surface area contributed by atoms with Crippen LogP contribution in [0.3, 0.4) is 0 Å². The zero-order chi connectivity index (χ0) is 41.1. The van der Waals surface area contributed by atoms with E-state index < -0.39 is 34.8 Å². The highest BCUT2D eigenvalue weighted by molar-refractivity contribution is 8.00. The molecule has 0 saturated carbocycles. The molecule has 0 spiro atoms. The molecule has 4 heterocycles. The number of hydrogen-bond donors (Lipinski definition) is 4. The van der Waals surface area contributed by atoms with Gasteiger partial charge in [-0.05, 0) is 41.7 Å². The van der Waals surface area contributed by atoms with Gasteiger partial charge in [0.2, 0.25) is 11.5 Å². The number of amides is 3. The van der Waals surface area contributed by atoms with Crippen molar-refractivity contribution in [2.75, 3.05) is 25.1 Å². The Morgan fingerprint density at radius 2 is 1.56 bits per heavy atom. The third kappa shape index (κ3) is 7.45. The number of nitrogen functional groups attached to an aromatic ring is 1. The fourth-order valence-electron chi connectivity index (χ4n) is 7.60. The average molecular weight is 827 g/mol. The van der Waals surface area contributed by atoms with Crippen molar-refractivity contribution in [2.45, 2.75) is 29.9 Å². The first-order chi connectivity index (χ1) is 28.7. The summed E-state index contributed by atoms with van der Waals surface area (Å²) in [6, 6.07) is 34.7. The van der Waals surface area contributed by atoms with E-state index in [-0.39, 0.29) is 40.3 Å². The molecule has 15 heteroatoms. The zero-order valence-corrected chi connectivity index (χ0v) is 33.3. The van der Waals surface area contributed by atoms with Crippen LogP contribution >= 0.6 is 23.1 Å². The number of aromatic nitrogens is 1. The Hall–Kier alpha value is -6.71. The largest absolute Gasteiger partial charge is 0.497 e. The zero-order valence-electron chi connectivity index (χ0n) is 31.7.